The van der Waals surface area contributed by atoms with Gasteiger partial charge in [0.15, 0.2) is 0 Å². The number of nitrogen functional groups attached to an aromatic ring is 1. The normalized spacial score (nSPS) is 10.8. The molecule has 1 aromatic carbocycles. The van der Waals surface area contributed by atoms with Crippen LogP contribution >= 0.6 is 27.5 Å². The third-order valence-corrected chi connectivity index (χ3v) is 3.04. The first-order valence-corrected chi connectivity index (χ1v) is 5.63. The number of nitrogens with zero attached hydrogens (tertiary/aromatic N) is 2. The number of benzene rings is 1. The molecule has 0 aliphatic rings. The minimum atomic E-state index is -0.405. The second kappa shape index (κ2) is 4.07. The highest BCUT2D eigenvalue weighted by molar-refractivity contribution is 9.10. The van der Waals surface area contributed by atoms with E-state index < -0.39 is 5.82 Å². The lowest BCUT2D eigenvalue weighted by atomic mass is 10.3. The zero-order chi connectivity index (χ0) is 11.9. The zero-order valence-electron chi connectivity index (χ0n) is 8.34. The molecule has 0 unspecified atom stereocenters. The molecule has 1 aromatic heterocycles. The highest BCUT2D eigenvalue weighted by atomic mass is 79.9. The molecule has 0 fully saturated rings. The molecule has 0 atom stereocenters. The van der Waals surface area contributed by atoms with Gasteiger partial charge in [-0.25, -0.2) is 9.07 Å². The fraction of sp³-hybridized carbons (Fsp3) is 0.100. The van der Waals surface area contributed by atoms with Gasteiger partial charge in [-0.2, -0.15) is 5.10 Å². The van der Waals surface area contributed by atoms with Gasteiger partial charge in [-0.15, -0.1) is 0 Å². The van der Waals surface area contributed by atoms with Gasteiger partial charge in [-0.05, 0) is 35.0 Å². The molecule has 2 rings (SSSR count). The van der Waals surface area contributed by atoms with Crippen LogP contribution in [0.25, 0.3) is 5.69 Å². The molecule has 0 amide bonds. The van der Waals surface area contributed by atoms with E-state index in [0.717, 1.165) is 5.56 Å². The fourth-order valence-electron chi connectivity index (χ4n) is 1.34. The van der Waals surface area contributed by atoms with Crippen LogP contribution in [0.3, 0.4) is 0 Å². The van der Waals surface area contributed by atoms with Crippen molar-refractivity contribution in [2.75, 3.05) is 5.73 Å². The Morgan fingerprint density at radius 3 is 2.69 bits per heavy atom. The van der Waals surface area contributed by atoms with E-state index in [1.165, 1.54) is 16.8 Å². The quantitative estimate of drug-likeness (QED) is 0.878. The van der Waals surface area contributed by atoms with Crippen LogP contribution in [0.1, 0.15) is 5.56 Å². The van der Waals surface area contributed by atoms with Crippen LogP contribution in [-0.2, 0) is 0 Å². The highest BCUT2D eigenvalue weighted by Gasteiger charge is 2.12. The van der Waals surface area contributed by atoms with Crippen molar-refractivity contribution in [2.45, 2.75) is 6.92 Å². The summed E-state index contributed by atoms with van der Waals surface area (Å²) in [5, 5.41) is 4.36. The summed E-state index contributed by atoms with van der Waals surface area (Å²) in [4.78, 5) is 0. The smallest absolute Gasteiger partial charge is 0.148 e. The molecule has 2 aromatic rings. The number of nitrogens with two attached hydrogens (primary N) is 1. The maximum atomic E-state index is 13.0. The molecule has 2 N–H and O–H groups in total. The number of aryl methyl sites for hydroxylation is 1. The lowest BCUT2D eigenvalue weighted by Crippen LogP contribution is -1.99. The Morgan fingerprint density at radius 2 is 2.19 bits per heavy atom. The standard InChI is InChI=1S/C10H8BrClFN3/c1-5-4-16(15-10(5)14)9-7(11)2-6(13)3-8(9)12/h2-4H,1H3,(H2,14,15). The second-order valence-corrected chi connectivity index (χ2v) is 4.62. The summed E-state index contributed by atoms with van der Waals surface area (Å²) in [7, 11) is 0. The van der Waals surface area contributed by atoms with Crippen LogP contribution in [-0.4, -0.2) is 9.78 Å². The zero-order valence-corrected chi connectivity index (χ0v) is 10.7. The van der Waals surface area contributed by atoms with Gasteiger partial charge in [-0.1, -0.05) is 11.6 Å². The molecule has 0 saturated carbocycles. The molecule has 1 heterocycles. The minimum Gasteiger partial charge on any atom is -0.382 e. The maximum absolute atomic E-state index is 13.0. The van der Waals surface area contributed by atoms with E-state index in [1.807, 2.05) is 6.92 Å². The van der Waals surface area contributed by atoms with Gasteiger partial charge in [0.05, 0.1) is 10.7 Å². The Balaban J connectivity index is 2.64. The van der Waals surface area contributed by atoms with E-state index in [4.69, 9.17) is 17.3 Å². The maximum Gasteiger partial charge on any atom is 0.148 e. The lowest BCUT2D eigenvalue weighted by molar-refractivity contribution is 0.626. The molecule has 16 heavy (non-hydrogen) atoms. The molecule has 6 heteroatoms. The fourth-order valence-corrected chi connectivity index (χ4v) is 2.36. The van der Waals surface area contributed by atoms with Crippen molar-refractivity contribution in [3.63, 3.8) is 0 Å². The lowest BCUT2D eigenvalue weighted by Gasteiger charge is -2.06. The molecule has 3 nitrogen and oxygen atoms in total. The predicted molar refractivity (Wildman–Crippen MR) is 65.4 cm³/mol. The van der Waals surface area contributed by atoms with E-state index in [-0.39, 0.29) is 5.02 Å². The molecule has 0 spiro atoms. The number of halogens is 3. The van der Waals surface area contributed by atoms with Crippen molar-refractivity contribution >= 4 is 33.3 Å². The monoisotopic (exact) mass is 303 g/mol. The van der Waals surface area contributed by atoms with Gasteiger partial charge in [0.25, 0.3) is 0 Å². The molecule has 0 aliphatic heterocycles. The van der Waals surface area contributed by atoms with Crippen molar-refractivity contribution in [1.82, 2.24) is 9.78 Å². The Bertz CT molecular complexity index is 510. The van der Waals surface area contributed by atoms with E-state index in [2.05, 4.69) is 21.0 Å². The van der Waals surface area contributed by atoms with Crippen LogP contribution in [0, 0.1) is 12.7 Å². The number of anilines is 1. The van der Waals surface area contributed by atoms with Gasteiger partial charge in [0.2, 0.25) is 0 Å². The third-order valence-electron chi connectivity index (χ3n) is 2.15. The summed E-state index contributed by atoms with van der Waals surface area (Å²) < 4.78 is 15.1. The summed E-state index contributed by atoms with van der Waals surface area (Å²) in [5.41, 5.74) is 7.06. The minimum absolute atomic E-state index is 0.273. The topological polar surface area (TPSA) is 43.8 Å². The number of aromatic nitrogens is 2. The average molecular weight is 305 g/mol. The molecule has 84 valence electrons. The molecular formula is C10H8BrClFN3. The van der Waals surface area contributed by atoms with E-state index in [0.29, 0.717) is 16.0 Å². The highest BCUT2D eigenvalue weighted by Crippen LogP contribution is 2.30. The first-order chi connectivity index (χ1) is 7.49. The van der Waals surface area contributed by atoms with Gasteiger partial charge >= 0.3 is 0 Å². The number of rotatable bonds is 1. The van der Waals surface area contributed by atoms with Gasteiger partial charge < -0.3 is 5.73 Å². The van der Waals surface area contributed by atoms with Crippen LogP contribution < -0.4 is 5.73 Å². The molecular weight excluding hydrogens is 296 g/mol. The largest absolute Gasteiger partial charge is 0.382 e. The van der Waals surface area contributed by atoms with Gasteiger partial charge in [-0.3, -0.25) is 0 Å². The first kappa shape index (κ1) is 11.4. The summed E-state index contributed by atoms with van der Waals surface area (Å²) >= 11 is 9.20. The molecule has 0 radical (unpaired) electrons. The summed E-state index contributed by atoms with van der Waals surface area (Å²) in [6.07, 6.45) is 1.74. The SMILES string of the molecule is Cc1cn(-c2c(Cl)cc(F)cc2Br)nc1N. The van der Waals surface area contributed by atoms with Crippen molar-refractivity contribution in [3.8, 4) is 5.69 Å². The Hall–Kier alpha value is -1.07. The van der Waals surface area contributed by atoms with Crippen LogP contribution in [0.2, 0.25) is 5.02 Å². The average Bonchev–Trinajstić information content (AvgIpc) is 2.44. The van der Waals surface area contributed by atoms with Crippen molar-refractivity contribution < 1.29 is 4.39 Å². The van der Waals surface area contributed by atoms with Crippen molar-refractivity contribution in [2.24, 2.45) is 0 Å². The molecule has 0 aliphatic carbocycles. The molecule has 0 saturated heterocycles. The Morgan fingerprint density at radius 1 is 1.50 bits per heavy atom. The Labute approximate surface area is 105 Å². The summed E-state index contributed by atoms with van der Waals surface area (Å²) in [6, 6.07) is 2.56. The van der Waals surface area contributed by atoms with Crippen LogP contribution in [0.5, 0.6) is 0 Å². The predicted octanol–water partition coefficient (Wildman–Crippen LogP) is 3.32. The first-order valence-electron chi connectivity index (χ1n) is 4.45. The van der Waals surface area contributed by atoms with Gasteiger partial charge in [0.1, 0.15) is 11.6 Å². The van der Waals surface area contributed by atoms with E-state index in [1.54, 1.807) is 6.20 Å². The molecule has 0 bridgehead atoms. The van der Waals surface area contributed by atoms with Crippen LogP contribution in [0.4, 0.5) is 10.2 Å². The summed E-state index contributed by atoms with van der Waals surface area (Å²) in [5.74, 6) is 0.0183. The number of hydrogen-bond donors (Lipinski definition) is 1. The second-order valence-electron chi connectivity index (χ2n) is 3.36. The third kappa shape index (κ3) is 1.92. The summed E-state index contributed by atoms with van der Waals surface area (Å²) in [6.45, 7) is 1.84. The van der Waals surface area contributed by atoms with Crippen LogP contribution in [0.15, 0.2) is 22.8 Å². The Kier molecular flexibility index (Phi) is 2.90. The van der Waals surface area contributed by atoms with Gasteiger partial charge in [0, 0.05) is 16.2 Å². The van der Waals surface area contributed by atoms with Crippen molar-refractivity contribution in [3.05, 3.63) is 39.2 Å². The number of hydrogen-bond acceptors (Lipinski definition) is 2. The van der Waals surface area contributed by atoms with E-state index in [9.17, 15) is 4.39 Å². The van der Waals surface area contributed by atoms with Crippen molar-refractivity contribution in [1.29, 1.82) is 0 Å². The van der Waals surface area contributed by atoms with E-state index >= 15 is 0 Å².